The summed E-state index contributed by atoms with van der Waals surface area (Å²) in [5.74, 6) is 1.25. The van der Waals surface area contributed by atoms with Crippen molar-refractivity contribution in [2.45, 2.75) is 6.92 Å². The van der Waals surface area contributed by atoms with E-state index in [0.717, 1.165) is 17.0 Å². The van der Waals surface area contributed by atoms with Crippen molar-refractivity contribution in [3.63, 3.8) is 0 Å². The normalized spacial score (nSPS) is 10.6. The topological polar surface area (TPSA) is 90.1 Å². The van der Waals surface area contributed by atoms with E-state index in [1.54, 1.807) is 31.5 Å². The van der Waals surface area contributed by atoms with Gasteiger partial charge in [-0.05, 0) is 55.5 Å². The molecule has 4 aromatic rings. The fourth-order valence-corrected chi connectivity index (χ4v) is 2.77. The van der Waals surface area contributed by atoms with Gasteiger partial charge in [0.05, 0.1) is 23.9 Å². The van der Waals surface area contributed by atoms with Crippen LogP contribution in [0.1, 0.15) is 16.1 Å². The summed E-state index contributed by atoms with van der Waals surface area (Å²) in [7, 11) is 1.61. The fourth-order valence-electron chi connectivity index (χ4n) is 2.77. The van der Waals surface area contributed by atoms with Gasteiger partial charge in [-0.3, -0.25) is 9.78 Å². The number of nitrogens with zero attached hydrogens (tertiary/aromatic N) is 3. The van der Waals surface area contributed by atoms with Crippen molar-refractivity contribution in [3.8, 4) is 28.6 Å². The number of hydrogen-bond acceptors (Lipinski definition) is 6. The van der Waals surface area contributed by atoms with Gasteiger partial charge in [-0.1, -0.05) is 17.3 Å². The zero-order chi connectivity index (χ0) is 20.2. The number of rotatable bonds is 5. The molecule has 0 aliphatic heterocycles. The zero-order valence-corrected chi connectivity index (χ0v) is 15.9. The maximum atomic E-state index is 12.6. The lowest BCUT2D eigenvalue weighted by Crippen LogP contribution is -2.13. The Kier molecular flexibility index (Phi) is 5.03. The molecule has 2 heterocycles. The van der Waals surface area contributed by atoms with Crippen LogP contribution in [0.5, 0.6) is 5.75 Å². The van der Waals surface area contributed by atoms with Gasteiger partial charge in [0.15, 0.2) is 0 Å². The first-order valence-corrected chi connectivity index (χ1v) is 8.95. The molecule has 2 aromatic heterocycles. The quantitative estimate of drug-likeness (QED) is 0.548. The highest BCUT2D eigenvalue weighted by molar-refractivity contribution is 6.05. The van der Waals surface area contributed by atoms with Crippen LogP contribution in [0.25, 0.3) is 22.8 Å². The Hall–Kier alpha value is -4.00. The Labute approximate surface area is 167 Å². The number of aryl methyl sites for hydroxylation is 1. The molecule has 0 radical (unpaired) electrons. The molecule has 0 fully saturated rings. The molecule has 0 aliphatic carbocycles. The molecule has 0 unspecified atom stereocenters. The molecule has 7 heteroatoms. The van der Waals surface area contributed by atoms with E-state index in [-0.39, 0.29) is 5.91 Å². The molecule has 144 valence electrons. The van der Waals surface area contributed by atoms with Gasteiger partial charge in [-0.2, -0.15) is 4.98 Å². The molecule has 0 saturated heterocycles. The molecule has 2 aromatic carbocycles. The van der Waals surface area contributed by atoms with Crippen molar-refractivity contribution >= 4 is 11.6 Å². The summed E-state index contributed by atoms with van der Waals surface area (Å²) in [6, 6.07) is 18.2. The number of aromatic nitrogens is 3. The molecule has 29 heavy (non-hydrogen) atoms. The van der Waals surface area contributed by atoms with Crippen LogP contribution in [0, 0.1) is 6.92 Å². The number of carbonyl (C=O) groups is 1. The Morgan fingerprint density at radius 1 is 1.03 bits per heavy atom. The van der Waals surface area contributed by atoms with Crippen LogP contribution in [-0.2, 0) is 0 Å². The maximum Gasteiger partial charge on any atom is 0.260 e. The summed E-state index contributed by atoms with van der Waals surface area (Å²) in [5, 5.41) is 6.94. The summed E-state index contributed by atoms with van der Waals surface area (Å²) in [6.07, 6.45) is 1.54. The highest BCUT2D eigenvalue weighted by atomic mass is 16.5. The van der Waals surface area contributed by atoms with E-state index in [0.29, 0.717) is 28.5 Å². The first kappa shape index (κ1) is 18.4. The SMILES string of the molecule is COc1ccc(-c2noc(-c3ccccc3NC(=O)c3ccc(C)nc3)n2)cc1. The van der Waals surface area contributed by atoms with Gasteiger partial charge in [0.2, 0.25) is 5.82 Å². The molecule has 0 spiro atoms. The van der Waals surface area contributed by atoms with E-state index in [4.69, 9.17) is 9.26 Å². The minimum absolute atomic E-state index is 0.264. The third-order valence-electron chi connectivity index (χ3n) is 4.35. The van der Waals surface area contributed by atoms with Crippen molar-refractivity contribution < 1.29 is 14.1 Å². The summed E-state index contributed by atoms with van der Waals surface area (Å²) in [4.78, 5) is 21.2. The first-order valence-electron chi connectivity index (χ1n) is 8.95. The third kappa shape index (κ3) is 3.98. The predicted molar refractivity (Wildman–Crippen MR) is 109 cm³/mol. The Morgan fingerprint density at radius 2 is 1.83 bits per heavy atom. The largest absolute Gasteiger partial charge is 0.497 e. The van der Waals surface area contributed by atoms with Crippen LogP contribution < -0.4 is 10.1 Å². The van der Waals surface area contributed by atoms with E-state index >= 15 is 0 Å². The molecule has 1 amide bonds. The minimum Gasteiger partial charge on any atom is -0.497 e. The molecule has 7 nitrogen and oxygen atoms in total. The van der Waals surface area contributed by atoms with Gasteiger partial charge in [-0.15, -0.1) is 0 Å². The standard InChI is InChI=1S/C22H18N4O3/c1-14-7-8-16(13-23-14)21(27)24-19-6-4-3-5-18(19)22-25-20(26-29-22)15-9-11-17(28-2)12-10-15/h3-13H,1-2H3,(H,24,27). The van der Waals surface area contributed by atoms with E-state index in [2.05, 4.69) is 20.4 Å². The van der Waals surface area contributed by atoms with E-state index in [1.165, 1.54) is 0 Å². The maximum absolute atomic E-state index is 12.6. The highest BCUT2D eigenvalue weighted by Crippen LogP contribution is 2.29. The van der Waals surface area contributed by atoms with Crippen LogP contribution in [-0.4, -0.2) is 28.1 Å². The van der Waals surface area contributed by atoms with Gasteiger partial charge in [0.1, 0.15) is 5.75 Å². The number of para-hydroxylation sites is 1. The average Bonchev–Trinajstić information content (AvgIpc) is 3.25. The second kappa shape index (κ2) is 7.93. The average molecular weight is 386 g/mol. The Bertz CT molecular complexity index is 1140. The molecular weight excluding hydrogens is 368 g/mol. The van der Waals surface area contributed by atoms with Crippen molar-refractivity contribution in [1.29, 1.82) is 0 Å². The number of ether oxygens (including phenoxy) is 1. The number of pyridine rings is 1. The molecule has 1 N–H and O–H groups in total. The van der Waals surface area contributed by atoms with Crippen molar-refractivity contribution in [3.05, 3.63) is 78.1 Å². The van der Waals surface area contributed by atoms with Crippen molar-refractivity contribution in [1.82, 2.24) is 15.1 Å². The molecule has 0 atom stereocenters. The Morgan fingerprint density at radius 3 is 2.55 bits per heavy atom. The second-order valence-electron chi connectivity index (χ2n) is 6.34. The number of nitrogens with one attached hydrogen (secondary N) is 1. The minimum atomic E-state index is -0.264. The van der Waals surface area contributed by atoms with Crippen molar-refractivity contribution in [2.24, 2.45) is 0 Å². The van der Waals surface area contributed by atoms with Gasteiger partial charge in [0, 0.05) is 17.5 Å². The van der Waals surface area contributed by atoms with Crippen LogP contribution >= 0.6 is 0 Å². The molecule has 0 saturated carbocycles. The lowest BCUT2D eigenvalue weighted by molar-refractivity contribution is 0.102. The summed E-state index contributed by atoms with van der Waals surface area (Å²) in [5.41, 5.74) is 3.32. The smallest absolute Gasteiger partial charge is 0.260 e. The first-order chi connectivity index (χ1) is 14.1. The van der Waals surface area contributed by atoms with Gasteiger partial charge < -0.3 is 14.6 Å². The molecular formula is C22H18N4O3. The number of hydrogen-bond donors (Lipinski definition) is 1. The number of benzene rings is 2. The number of carbonyl (C=O) groups excluding carboxylic acids is 1. The lowest BCUT2D eigenvalue weighted by Gasteiger charge is -2.08. The summed E-state index contributed by atoms with van der Waals surface area (Å²) < 4.78 is 10.6. The van der Waals surface area contributed by atoms with Crippen LogP contribution in [0.4, 0.5) is 5.69 Å². The van der Waals surface area contributed by atoms with Gasteiger partial charge in [0.25, 0.3) is 11.8 Å². The van der Waals surface area contributed by atoms with Crippen molar-refractivity contribution in [2.75, 3.05) is 12.4 Å². The molecule has 4 rings (SSSR count). The summed E-state index contributed by atoms with van der Waals surface area (Å²) >= 11 is 0. The van der Waals surface area contributed by atoms with E-state index in [9.17, 15) is 4.79 Å². The number of anilines is 1. The highest BCUT2D eigenvalue weighted by Gasteiger charge is 2.16. The molecule has 0 aliphatic rings. The monoisotopic (exact) mass is 386 g/mol. The van der Waals surface area contributed by atoms with Crippen LogP contribution in [0.15, 0.2) is 71.4 Å². The van der Waals surface area contributed by atoms with Gasteiger partial charge >= 0.3 is 0 Å². The van der Waals surface area contributed by atoms with Gasteiger partial charge in [-0.25, -0.2) is 0 Å². The van der Waals surface area contributed by atoms with Crippen LogP contribution in [0.3, 0.4) is 0 Å². The zero-order valence-electron chi connectivity index (χ0n) is 15.9. The third-order valence-corrected chi connectivity index (χ3v) is 4.35. The van der Waals surface area contributed by atoms with E-state index in [1.807, 2.05) is 49.4 Å². The van der Waals surface area contributed by atoms with Crippen LogP contribution in [0.2, 0.25) is 0 Å². The van der Waals surface area contributed by atoms with E-state index < -0.39 is 0 Å². The number of methoxy groups -OCH3 is 1. The number of amides is 1. The lowest BCUT2D eigenvalue weighted by atomic mass is 10.1. The second-order valence-corrected chi connectivity index (χ2v) is 6.34. The Balaban J connectivity index is 1.60. The summed E-state index contributed by atoms with van der Waals surface area (Å²) in [6.45, 7) is 1.87. The fraction of sp³-hybridized carbons (Fsp3) is 0.0909. The predicted octanol–water partition coefficient (Wildman–Crippen LogP) is 4.37. The molecule has 0 bridgehead atoms.